The van der Waals surface area contributed by atoms with Crippen molar-refractivity contribution in [2.45, 2.75) is 36.7 Å². The van der Waals surface area contributed by atoms with Crippen LogP contribution in [-0.2, 0) is 19.0 Å². The fraction of sp³-hybridized carbons (Fsp3) is 0.360. The van der Waals surface area contributed by atoms with Gasteiger partial charge >= 0.3 is 0 Å². The normalized spacial score (nSPS) is 27.3. The predicted molar refractivity (Wildman–Crippen MR) is 126 cm³/mol. The van der Waals surface area contributed by atoms with Crippen LogP contribution in [0.4, 0.5) is 13.2 Å². The van der Waals surface area contributed by atoms with Gasteiger partial charge < -0.3 is 24.2 Å². The molecule has 0 bridgehead atoms. The van der Waals surface area contributed by atoms with Crippen molar-refractivity contribution in [2.24, 2.45) is 4.99 Å². The number of aliphatic hydroxyl groups is 1. The van der Waals surface area contributed by atoms with E-state index in [0.29, 0.717) is 0 Å². The Kier molecular flexibility index (Phi) is 7.25. The molecule has 2 aliphatic rings. The third-order valence-corrected chi connectivity index (χ3v) is 6.20. The van der Waals surface area contributed by atoms with Gasteiger partial charge in [-0.25, -0.2) is 22.8 Å². The summed E-state index contributed by atoms with van der Waals surface area (Å²) in [4.78, 5) is 18.2. The molecule has 0 spiro atoms. The third kappa shape index (κ3) is 5.05. The van der Waals surface area contributed by atoms with Gasteiger partial charge in [-0.15, -0.1) is 5.10 Å². The van der Waals surface area contributed by atoms with Gasteiger partial charge in [0.15, 0.2) is 29.8 Å². The van der Waals surface area contributed by atoms with Crippen molar-refractivity contribution in [3.05, 3.63) is 71.7 Å². The molecule has 3 heterocycles. The highest BCUT2D eigenvalue weighted by Gasteiger charge is 2.52. The number of hydrogen-bond donors (Lipinski definition) is 1. The smallest absolute Gasteiger partial charge is 0.278 e. The van der Waals surface area contributed by atoms with Crippen LogP contribution >= 0.6 is 0 Å². The van der Waals surface area contributed by atoms with Crippen molar-refractivity contribution >= 4 is 12.2 Å². The van der Waals surface area contributed by atoms with Crippen LogP contribution in [0.2, 0.25) is 0 Å². The van der Waals surface area contributed by atoms with Crippen molar-refractivity contribution in [3.63, 3.8) is 0 Å². The number of aliphatic imine (C=N–C) groups is 1. The second-order valence-electron chi connectivity index (χ2n) is 9.14. The van der Waals surface area contributed by atoms with E-state index in [9.17, 15) is 23.1 Å². The average molecular weight is 531 g/mol. The topological polar surface area (TPSA) is 111 Å². The largest absolute Gasteiger partial charge is 0.387 e. The zero-order valence-corrected chi connectivity index (χ0v) is 20.3. The van der Waals surface area contributed by atoms with Gasteiger partial charge in [0.05, 0.1) is 19.1 Å². The maximum Gasteiger partial charge on any atom is 0.278 e. The fourth-order valence-electron chi connectivity index (χ4n) is 4.41. The fourth-order valence-corrected chi connectivity index (χ4v) is 4.41. The lowest BCUT2D eigenvalue weighted by molar-refractivity contribution is -0.312. The lowest BCUT2D eigenvalue weighted by Gasteiger charge is -2.47. The molecule has 13 heteroatoms. The van der Waals surface area contributed by atoms with Gasteiger partial charge in [0.1, 0.15) is 30.0 Å². The molecule has 1 N–H and O–H groups in total. The monoisotopic (exact) mass is 531 g/mol. The number of aromatic nitrogens is 3. The molecule has 0 aliphatic carbocycles. The second kappa shape index (κ2) is 10.6. The summed E-state index contributed by atoms with van der Waals surface area (Å²) in [6, 6.07) is 9.65. The summed E-state index contributed by atoms with van der Waals surface area (Å²) in [5, 5.41) is 19.3. The number of benzene rings is 2. The zero-order chi connectivity index (χ0) is 27.0. The van der Waals surface area contributed by atoms with Crippen molar-refractivity contribution in [3.8, 4) is 11.3 Å². The number of carbonyl (C=O) groups is 1. The highest BCUT2D eigenvalue weighted by atomic mass is 19.2. The Bertz CT molecular complexity index is 1310. The summed E-state index contributed by atoms with van der Waals surface area (Å²) in [6.45, 7) is 0.0323. The van der Waals surface area contributed by atoms with Gasteiger partial charge in [-0.05, 0) is 12.1 Å². The Morgan fingerprint density at radius 1 is 1.16 bits per heavy atom. The summed E-state index contributed by atoms with van der Waals surface area (Å²) >= 11 is 0. The van der Waals surface area contributed by atoms with E-state index in [2.05, 4.69) is 15.3 Å². The first kappa shape index (κ1) is 26.0. The van der Waals surface area contributed by atoms with Crippen LogP contribution < -0.4 is 0 Å². The number of fused-ring (bicyclic) bond motifs is 1. The molecule has 200 valence electrons. The SMILES string of the molecule is CN(C)/C=N/C(=O)[C@@H]1O[C@@H]2COC(c3ccccc3)O[C@@H]2[C@H](n2cc(-c3cc(F)c(F)c(F)c3)nn2)[C@H]1O. The van der Waals surface area contributed by atoms with Crippen LogP contribution in [0.15, 0.2) is 53.7 Å². The molecular formula is C25H24F3N5O5. The minimum atomic E-state index is -1.61. The van der Waals surface area contributed by atoms with E-state index in [4.69, 9.17) is 14.2 Å². The van der Waals surface area contributed by atoms with Crippen molar-refractivity contribution in [1.82, 2.24) is 19.9 Å². The third-order valence-electron chi connectivity index (χ3n) is 6.20. The van der Waals surface area contributed by atoms with Gasteiger partial charge in [0.2, 0.25) is 0 Å². The Morgan fingerprint density at radius 2 is 1.87 bits per heavy atom. The van der Waals surface area contributed by atoms with Crippen molar-refractivity contribution in [1.29, 1.82) is 0 Å². The Morgan fingerprint density at radius 3 is 2.55 bits per heavy atom. The number of rotatable bonds is 5. The standard InChI is InChI=1S/C25H24F3N5O5/c1-32(2)12-29-24(35)23-21(34)20(22-18(37-23)11-36-25(38-22)13-6-4-3-5-7-13)33-10-17(30-31-33)14-8-15(26)19(28)16(27)9-14/h3-10,12,18,20-23,25,34H,11H2,1-2H3/b29-12+/t18-,20-,21-,22+,23-,25?/m1/s1. The molecule has 3 aromatic rings. The van der Waals surface area contributed by atoms with E-state index >= 15 is 0 Å². The molecule has 0 radical (unpaired) electrons. The summed E-state index contributed by atoms with van der Waals surface area (Å²) in [7, 11) is 3.36. The van der Waals surface area contributed by atoms with E-state index in [0.717, 1.165) is 17.7 Å². The number of aliphatic hydroxyl groups excluding tert-OH is 1. The van der Waals surface area contributed by atoms with E-state index in [1.807, 2.05) is 30.3 Å². The summed E-state index contributed by atoms with van der Waals surface area (Å²) in [6.07, 6.45) is -2.71. The number of carbonyl (C=O) groups excluding carboxylic acids is 1. The van der Waals surface area contributed by atoms with Crippen LogP contribution in [0.1, 0.15) is 17.9 Å². The minimum Gasteiger partial charge on any atom is -0.387 e. The minimum absolute atomic E-state index is 0.0122. The number of amides is 1. The van der Waals surface area contributed by atoms with Gasteiger partial charge in [-0.1, -0.05) is 35.5 Å². The summed E-state index contributed by atoms with van der Waals surface area (Å²) < 4.78 is 60.3. The summed E-state index contributed by atoms with van der Waals surface area (Å²) in [5.41, 5.74) is 0.673. The Hall–Kier alpha value is -3.65. The van der Waals surface area contributed by atoms with Crippen molar-refractivity contribution < 1.29 is 37.3 Å². The van der Waals surface area contributed by atoms with Crippen molar-refractivity contribution in [2.75, 3.05) is 20.7 Å². The second-order valence-corrected chi connectivity index (χ2v) is 9.14. The van der Waals surface area contributed by atoms with E-state index in [1.54, 1.807) is 19.0 Å². The molecule has 2 fully saturated rings. The predicted octanol–water partition coefficient (Wildman–Crippen LogP) is 2.26. The molecule has 1 amide bonds. The average Bonchev–Trinajstić information content (AvgIpc) is 3.39. The van der Waals surface area contributed by atoms with Gasteiger partial charge in [0.25, 0.3) is 5.91 Å². The van der Waals surface area contributed by atoms with E-state index in [-0.39, 0.29) is 17.9 Å². The van der Waals surface area contributed by atoms with E-state index in [1.165, 1.54) is 17.2 Å². The summed E-state index contributed by atoms with van der Waals surface area (Å²) in [5.74, 6) is -5.11. The van der Waals surface area contributed by atoms with Crippen LogP contribution in [0, 0.1) is 17.5 Å². The molecule has 6 atom stereocenters. The number of ether oxygens (including phenoxy) is 3. The molecular weight excluding hydrogens is 507 g/mol. The van der Waals surface area contributed by atoms with E-state index < -0.39 is 60.1 Å². The quantitative estimate of drug-likeness (QED) is 0.303. The molecule has 0 saturated carbocycles. The molecule has 5 rings (SSSR count). The maximum atomic E-state index is 13.8. The molecule has 38 heavy (non-hydrogen) atoms. The first-order valence-electron chi connectivity index (χ1n) is 11.7. The van der Waals surface area contributed by atoms with Crippen LogP contribution in [-0.4, -0.2) is 82.4 Å². The molecule has 2 saturated heterocycles. The lowest BCUT2D eigenvalue weighted by Crippen LogP contribution is -2.61. The zero-order valence-electron chi connectivity index (χ0n) is 20.3. The molecule has 2 aliphatic heterocycles. The molecule has 10 nitrogen and oxygen atoms in total. The molecule has 2 aromatic carbocycles. The Balaban J connectivity index is 1.50. The molecule has 1 aromatic heterocycles. The van der Waals surface area contributed by atoms with Crippen LogP contribution in [0.25, 0.3) is 11.3 Å². The maximum absolute atomic E-state index is 13.8. The number of hydrogen-bond acceptors (Lipinski definition) is 7. The highest BCUT2D eigenvalue weighted by Crippen LogP contribution is 2.39. The first-order valence-corrected chi connectivity index (χ1v) is 11.7. The lowest BCUT2D eigenvalue weighted by atomic mass is 9.91. The van der Waals surface area contributed by atoms with Gasteiger partial charge in [-0.3, -0.25) is 4.79 Å². The van der Waals surface area contributed by atoms with Gasteiger partial charge in [0, 0.05) is 25.2 Å². The van der Waals surface area contributed by atoms with Crippen LogP contribution in [0.3, 0.4) is 0 Å². The molecule has 1 unspecified atom stereocenters. The highest BCUT2D eigenvalue weighted by molar-refractivity contribution is 5.88. The van der Waals surface area contributed by atoms with Gasteiger partial charge in [-0.2, -0.15) is 0 Å². The number of halogens is 3. The number of nitrogens with zero attached hydrogens (tertiary/aromatic N) is 5. The van der Waals surface area contributed by atoms with Crippen LogP contribution in [0.5, 0.6) is 0 Å². The Labute approximate surface area is 215 Å². The first-order chi connectivity index (χ1) is 18.2.